The molecule has 5 nitrogen and oxygen atoms in total. The molecule has 0 saturated carbocycles. The number of nitrogens with two attached hydrogens (primary N) is 1. The highest BCUT2D eigenvalue weighted by Crippen LogP contribution is 2.20. The summed E-state index contributed by atoms with van der Waals surface area (Å²) in [5.41, 5.74) is 6.22. The van der Waals surface area contributed by atoms with Crippen molar-refractivity contribution in [3.05, 3.63) is 22.4 Å². The van der Waals surface area contributed by atoms with Crippen LogP contribution in [0.5, 0.6) is 0 Å². The second-order valence-corrected chi connectivity index (χ2v) is 6.25. The molecule has 1 aliphatic rings. The summed E-state index contributed by atoms with van der Waals surface area (Å²) in [5, 5.41) is 0. The number of aryl methyl sites for hydroxylation is 1. The van der Waals surface area contributed by atoms with Gasteiger partial charge in [0.2, 0.25) is 0 Å². The van der Waals surface area contributed by atoms with Crippen LogP contribution in [0.1, 0.15) is 36.7 Å². The first-order valence-corrected chi connectivity index (χ1v) is 8.41. The average molecular weight is 358 g/mol. The highest BCUT2D eigenvalue weighted by Gasteiger charge is 2.25. The molecule has 21 heavy (non-hydrogen) atoms. The van der Waals surface area contributed by atoms with E-state index in [1.165, 1.54) is 0 Å². The quantitative estimate of drug-likeness (QED) is 0.794. The third-order valence-corrected chi connectivity index (χ3v) is 4.29. The molecule has 0 radical (unpaired) electrons. The van der Waals surface area contributed by atoms with Gasteiger partial charge in [0.05, 0.1) is 6.10 Å². The highest BCUT2D eigenvalue weighted by molar-refractivity contribution is 9.10. The van der Waals surface area contributed by atoms with Crippen molar-refractivity contribution < 1.29 is 9.53 Å². The van der Waals surface area contributed by atoms with E-state index in [1.54, 1.807) is 0 Å². The number of aromatic nitrogens is 1. The van der Waals surface area contributed by atoms with Crippen LogP contribution >= 0.6 is 15.9 Å². The van der Waals surface area contributed by atoms with E-state index in [2.05, 4.69) is 15.9 Å². The smallest absolute Gasteiger partial charge is 0.270 e. The predicted octanol–water partition coefficient (Wildman–Crippen LogP) is 2.24. The number of hydrogen-bond acceptors (Lipinski definition) is 3. The van der Waals surface area contributed by atoms with Gasteiger partial charge in [-0.15, -0.1) is 0 Å². The van der Waals surface area contributed by atoms with E-state index < -0.39 is 0 Å². The van der Waals surface area contributed by atoms with Crippen LogP contribution in [-0.2, 0) is 11.3 Å². The zero-order valence-corrected chi connectivity index (χ0v) is 14.1. The Morgan fingerprint density at radius 1 is 1.48 bits per heavy atom. The summed E-state index contributed by atoms with van der Waals surface area (Å²) in [5.74, 6) is 0.114. The molecule has 118 valence electrons. The Balaban J connectivity index is 1.88. The van der Waals surface area contributed by atoms with Crippen LogP contribution in [-0.4, -0.2) is 47.7 Å². The van der Waals surface area contributed by atoms with Crippen molar-refractivity contribution >= 4 is 21.8 Å². The van der Waals surface area contributed by atoms with Gasteiger partial charge in [0.1, 0.15) is 5.69 Å². The molecule has 0 spiro atoms. The van der Waals surface area contributed by atoms with Crippen molar-refractivity contribution in [2.75, 3.05) is 26.2 Å². The molecule has 1 saturated heterocycles. The lowest BCUT2D eigenvalue weighted by molar-refractivity contribution is 0.00817. The van der Waals surface area contributed by atoms with Crippen LogP contribution in [0.25, 0.3) is 0 Å². The zero-order chi connectivity index (χ0) is 15.2. The maximum Gasteiger partial charge on any atom is 0.270 e. The number of ether oxygens (including phenoxy) is 1. The molecule has 2 heterocycles. The largest absolute Gasteiger partial charge is 0.378 e. The lowest BCUT2D eigenvalue weighted by atomic mass is 10.1. The van der Waals surface area contributed by atoms with Gasteiger partial charge in [-0.3, -0.25) is 4.79 Å². The Morgan fingerprint density at radius 3 is 2.81 bits per heavy atom. The number of carbonyl (C=O) groups is 1. The normalized spacial score (nSPS) is 16.4. The van der Waals surface area contributed by atoms with Gasteiger partial charge in [-0.1, -0.05) is 0 Å². The molecule has 1 aromatic rings. The van der Waals surface area contributed by atoms with Crippen molar-refractivity contribution in [1.82, 2.24) is 9.47 Å². The number of halogens is 1. The van der Waals surface area contributed by atoms with Crippen LogP contribution < -0.4 is 5.73 Å². The number of nitrogens with zero attached hydrogens (tertiary/aromatic N) is 2. The second-order valence-electron chi connectivity index (χ2n) is 5.33. The highest BCUT2D eigenvalue weighted by atomic mass is 79.9. The van der Waals surface area contributed by atoms with Crippen LogP contribution in [0, 0.1) is 0 Å². The van der Waals surface area contributed by atoms with Crippen LogP contribution in [0.4, 0.5) is 0 Å². The first-order chi connectivity index (χ1) is 10.2. The van der Waals surface area contributed by atoms with Crippen molar-refractivity contribution in [2.45, 2.75) is 38.8 Å². The topological polar surface area (TPSA) is 60.5 Å². The number of carbonyl (C=O) groups excluding carboxylic acids is 1. The third-order valence-electron chi connectivity index (χ3n) is 3.85. The Bertz CT molecular complexity index is 467. The fraction of sp³-hybridized carbons (Fsp3) is 0.667. The molecule has 6 heteroatoms. The monoisotopic (exact) mass is 357 g/mol. The lowest BCUT2D eigenvalue weighted by Crippen LogP contribution is -2.41. The fourth-order valence-corrected chi connectivity index (χ4v) is 3.10. The van der Waals surface area contributed by atoms with Crippen molar-refractivity contribution in [3.8, 4) is 0 Å². The van der Waals surface area contributed by atoms with E-state index in [9.17, 15) is 4.79 Å². The van der Waals surface area contributed by atoms with E-state index in [0.29, 0.717) is 6.54 Å². The molecule has 1 aromatic heterocycles. The first kappa shape index (κ1) is 16.5. The molecule has 0 unspecified atom stereocenters. The molecular weight excluding hydrogens is 334 g/mol. The van der Waals surface area contributed by atoms with E-state index in [1.807, 2.05) is 28.7 Å². The van der Waals surface area contributed by atoms with Gasteiger partial charge in [0.25, 0.3) is 5.91 Å². The van der Waals surface area contributed by atoms with Gasteiger partial charge >= 0.3 is 0 Å². The fourth-order valence-electron chi connectivity index (χ4n) is 2.64. The standard InChI is InChI=1S/C15H24BrN3O2/c1-2-18-11-12(16)10-14(18)15(20)19-7-4-13(5-8-19)21-9-3-6-17/h10-11,13H,2-9,17H2,1H3. The summed E-state index contributed by atoms with van der Waals surface area (Å²) in [6.45, 7) is 5.75. The molecule has 0 aromatic carbocycles. The van der Waals surface area contributed by atoms with Gasteiger partial charge in [-0.2, -0.15) is 0 Å². The van der Waals surface area contributed by atoms with E-state index in [4.69, 9.17) is 10.5 Å². The van der Waals surface area contributed by atoms with Crippen LogP contribution in [0.3, 0.4) is 0 Å². The molecular formula is C15H24BrN3O2. The molecule has 2 N–H and O–H groups in total. The van der Waals surface area contributed by atoms with E-state index in [0.717, 1.165) is 55.7 Å². The van der Waals surface area contributed by atoms with Gasteiger partial charge in [-0.25, -0.2) is 0 Å². The Hall–Kier alpha value is -0.850. The number of piperidine rings is 1. The Morgan fingerprint density at radius 2 is 2.19 bits per heavy atom. The second kappa shape index (κ2) is 7.96. The summed E-state index contributed by atoms with van der Waals surface area (Å²) in [6.07, 6.45) is 4.94. The van der Waals surface area contributed by atoms with Gasteiger partial charge < -0.3 is 19.9 Å². The van der Waals surface area contributed by atoms with E-state index >= 15 is 0 Å². The maximum absolute atomic E-state index is 12.6. The number of amides is 1. The van der Waals surface area contributed by atoms with Gasteiger partial charge in [0, 0.05) is 36.9 Å². The molecule has 1 fully saturated rings. The Labute approximate surface area is 134 Å². The number of likely N-dealkylation sites (tertiary alicyclic amines) is 1. The third kappa shape index (κ3) is 4.31. The minimum absolute atomic E-state index is 0.114. The molecule has 0 aliphatic carbocycles. The molecule has 1 amide bonds. The number of rotatable bonds is 6. The van der Waals surface area contributed by atoms with Gasteiger partial charge in [0.15, 0.2) is 0 Å². The molecule has 1 aliphatic heterocycles. The maximum atomic E-state index is 12.6. The van der Waals surface area contributed by atoms with Gasteiger partial charge in [-0.05, 0) is 54.7 Å². The van der Waals surface area contributed by atoms with Crippen molar-refractivity contribution in [1.29, 1.82) is 0 Å². The lowest BCUT2D eigenvalue weighted by Gasteiger charge is -2.32. The summed E-state index contributed by atoms with van der Waals surface area (Å²) in [4.78, 5) is 14.5. The molecule has 0 bridgehead atoms. The summed E-state index contributed by atoms with van der Waals surface area (Å²) in [6, 6.07) is 1.90. The van der Waals surface area contributed by atoms with Crippen LogP contribution in [0.2, 0.25) is 0 Å². The summed E-state index contributed by atoms with van der Waals surface area (Å²) >= 11 is 3.44. The summed E-state index contributed by atoms with van der Waals surface area (Å²) in [7, 11) is 0. The predicted molar refractivity (Wildman–Crippen MR) is 86.4 cm³/mol. The number of hydrogen-bond donors (Lipinski definition) is 1. The molecule has 2 rings (SSSR count). The SMILES string of the molecule is CCn1cc(Br)cc1C(=O)N1CCC(OCCCN)CC1. The van der Waals surface area contributed by atoms with Crippen molar-refractivity contribution in [2.24, 2.45) is 5.73 Å². The average Bonchev–Trinajstić information content (AvgIpc) is 2.88. The minimum Gasteiger partial charge on any atom is -0.378 e. The zero-order valence-electron chi connectivity index (χ0n) is 12.6. The molecule has 0 atom stereocenters. The van der Waals surface area contributed by atoms with E-state index in [-0.39, 0.29) is 12.0 Å². The Kier molecular flexibility index (Phi) is 6.26. The van der Waals surface area contributed by atoms with Crippen LogP contribution in [0.15, 0.2) is 16.7 Å². The first-order valence-electron chi connectivity index (χ1n) is 7.62. The minimum atomic E-state index is 0.114. The van der Waals surface area contributed by atoms with Crippen molar-refractivity contribution in [3.63, 3.8) is 0 Å². The summed E-state index contributed by atoms with van der Waals surface area (Å²) < 4.78 is 8.71.